The topological polar surface area (TPSA) is 48.7 Å². The monoisotopic (exact) mass is 284 g/mol. The fraction of sp³-hybridized carbons (Fsp3) is 0.235. The Bertz CT molecular complexity index is 708. The van der Waals surface area contributed by atoms with E-state index >= 15 is 0 Å². The summed E-state index contributed by atoms with van der Waals surface area (Å²) in [4.78, 5) is 11.9. The molecule has 3 rings (SSSR count). The molecule has 108 valence electrons. The van der Waals surface area contributed by atoms with Crippen LogP contribution in [-0.4, -0.2) is 11.6 Å². The molecule has 0 atom stereocenters. The van der Waals surface area contributed by atoms with Gasteiger partial charge in [-0.1, -0.05) is 0 Å². The molecule has 1 aromatic carbocycles. The van der Waals surface area contributed by atoms with Crippen molar-refractivity contribution in [2.24, 2.45) is 0 Å². The van der Waals surface area contributed by atoms with E-state index in [0.29, 0.717) is 5.75 Å². The zero-order chi connectivity index (χ0) is 15.0. The van der Waals surface area contributed by atoms with E-state index in [9.17, 15) is 4.79 Å². The van der Waals surface area contributed by atoms with Crippen molar-refractivity contribution in [1.29, 1.82) is 0 Å². The number of furan rings is 1. The molecule has 0 saturated carbocycles. The number of benzene rings is 1. The Hall–Kier alpha value is -2.49. The van der Waals surface area contributed by atoms with Crippen molar-refractivity contribution in [2.45, 2.75) is 26.4 Å². The molecule has 0 N–H and O–H groups in total. The summed E-state index contributed by atoms with van der Waals surface area (Å²) in [6, 6.07) is 8.55. The van der Waals surface area contributed by atoms with Crippen molar-refractivity contribution in [2.75, 3.05) is 0 Å². The maximum absolute atomic E-state index is 11.9. The Balaban J connectivity index is 1.87. The Kier molecular flexibility index (Phi) is 3.09. The molecule has 0 spiro atoms. The molecular formula is C17H16O4. The largest absolute Gasteiger partial charge is 0.483 e. The molecule has 2 heterocycles. The van der Waals surface area contributed by atoms with Crippen molar-refractivity contribution in [3.63, 3.8) is 0 Å². The third-order valence-corrected chi connectivity index (χ3v) is 3.25. The smallest absolute Gasteiger partial charge is 0.379 e. The van der Waals surface area contributed by atoms with Crippen molar-refractivity contribution >= 4 is 11.5 Å². The minimum absolute atomic E-state index is 0.178. The van der Waals surface area contributed by atoms with Crippen LogP contribution in [0, 0.1) is 0 Å². The van der Waals surface area contributed by atoms with E-state index in [0.717, 1.165) is 16.9 Å². The van der Waals surface area contributed by atoms with E-state index in [4.69, 9.17) is 13.9 Å². The summed E-state index contributed by atoms with van der Waals surface area (Å²) in [5, 5.41) is 0. The molecule has 4 heteroatoms. The van der Waals surface area contributed by atoms with Crippen LogP contribution in [-0.2, 0) is 0 Å². The van der Waals surface area contributed by atoms with Crippen LogP contribution in [0.15, 0.2) is 47.1 Å². The first-order valence-corrected chi connectivity index (χ1v) is 6.73. The lowest BCUT2D eigenvalue weighted by atomic mass is 9.96. The maximum atomic E-state index is 11.9. The predicted octanol–water partition coefficient (Wildman–Crippen LogP) is 4.07. The molecule has 4 nitrogen and oxygen atoms in total. The van der Waals surface area contributed by atoms with E-state index < -0.39 is 5.97 Å². The number of allylic oxidation sites excluding steroid dienone is 1. The summed E-state index contributed by atoms with van der Waals surface area (Å²) in [6.07, 6.45) is 3.49. The van der Waals surface area contributed by atoms with Crippen molar-refractivity contribution in [3.05, 3.63) is 54.0 Å². The number of fused-ring (bicyclic) bond motifs is 1. The highest BCUT2D eigenvalue weighted by Gasteiger charge is 2.25. The number of hydrogen-bond acceptors (Lipinski definition) is 4. The average molecular weight is 284 g/mol. The second kappa shape index (κ2) is 4.81. The summed E-state index contributed by atoms with van der Waals surface area (Å²) in [6.45, 7) is 6.02. The molecule has 0 saturated heterocycles. The van der Waals surface area contributed by atoms with Crippen LogP contribution in [0.25, 0.3) is 5.57 Å². The fourth-order valence-corrected chi connectivity index (χ4v) is 2.43. The van der Waals surface area contributed by atoms with Crippen LogP contribution in [0.4, 0.5) is 0 Å². The van der Waals surface area contributed by atoms with Gasteiger partial charge in [0.25, 0.3) is 0 Å². The van der Waals surface area contributed by atoms with E-state index in [1.54, 1.807) is 24.3 Å². The lowest BCUT2D eigenvalue weighted by Gasteiger charge is -2.30. The average Bonchev–Trinajstić information content (AvgIpc) is 2.92. The Morgan fingerprint density at radius 1 is 1.24 bits per heavy atom. The van der Waals surface area contributed by atoms with Crippen LogP contribution in [0.1, 0.15) is 36.9 Å². The molecule has 0 radical (unpaired) electrons. The first-order chi connectivity index (χ1) is 9.94. The summed E-state index contributed by atoms with van der Waals surface area (Å²) in [5.41, 5.74) is 1.69. The SMILES string of the molecule is CC1=CC(C)(C)Oc2ccc(OC(=O)c3ccco3)cc21. The van der Waals surface area contributed by atoms with Gasteiger partial charge < -0.3 is 13.9 Å². The van der Waals surface area contributed by atoms with Crippen molar-refractivity contribution in [3.8, 4) is 11.5 Å². The van der Waals surface area contributed by atoms with Gasteiger partial charge in [0.1, 0.15) is 17.1 Å². The number of ether oxygens (including phenoxy) is 2. The highest BCUT2D eigenvalue weighted by molar-refractivity contribution is 5.88. The predicted molar refractivity (Wildman–Crippen MR) is 78.5 cm³/mol. The third-order valence-electron chi connectivity index (χ3n) is 3.25. The number of carbonyl (C=O) groups excluding carboxylic acids is 1. The minimum Gasteiger partial charge on any atom is -0.483 e. The number of carbonyl (C=O) groups is 1. The molecule has 21 heavy (non-hydrogen) atoms. The second-order valence-electron chi connectivity index (χ2n) is 5.56. The minimum atomic E-state index is -0.515. The van der Waals surface area contributed by atoms with E-state index in [1.807, 2.05) is 32.9 Å². The van der Waals surface area contributed by atoms with Crippen molar-refractivity contribution < 1.29 is 18.7 Å². The van der Waals surface area contributed by atoms with Gasteiger partial charge in [-0.25, -0.2) is 4.79 Å². The van der Waals surface area contributed by atoms with E-state index in [1.165, 1.54) is 6.26 Å². The molecule has 1 aromatic heterocycles. The fourth-order valence-electron chi connectivity index (χ4n) is 2.43. The van der Waals surface area contributed by atoms with Crippen LogP contribution in [0.3, 0.4) is 0 Å². The van der Waals surface area contributed by atoms with Gasteiger partial charge in [-0.3, -0.25) is 0 Å². The number of rotatable bonds is 2. The molecular weight excluding hydrogens is 268 g/mol. The quantitative estimate of drug-likeness (QED) is 0.616. The van der Waals surface area contributed by atoms with Gasteiger partial charge in [-0.15, -0.1) is 0 Å². The molecule has 0 aliphatic carbocycles. The second-order valence-corrected chi connectivity index (χ2v) is 5.56. The molecule has 0 fully saturated rings. The van der Waals surface area contributed by atoms with Gasteiger partial charge in [0.2, 0.25) is 5.76 Å². The van der Waals surface area contributed by atoms with E-state index in [-0.39, 0.29) is 11.4 Å². The lowest BCUT2D eigenvalue weighted by Crippen LogP contribution is -2.28. The number of hydrogen-bond donors (Lipinski definition) is 0. The van der Waals surface area contributed by atoms with Crippen molar-refractivity contribution in [1.82, 2.24) is 0 Å². The standard InChI is InChI=1S/C17H16O4/c1-11-10-17(2,3)21-14-7-6-12(9-13(11)14)20-16(18)15-5-4-8-19-15/h4-10H,1-3H3. The van der Waals surface area contributed by atoms with Gasteiger partial charge in [-0.05, 0) is 62.8 Å². The molecule has 2 aromatic rings. The Labute approximate surface area is 123 Å². The third kappa shape index (κ3) is 2.70. The maximum Gasteiger partial charge on any atom is 0.379 e. The molecule has 1 aliphatic rings. The van der Waals surface area contributed by atoms with Gasteiger partial charge in [-0.2, -0.15) is 0 Å². The highest BCUT2D eigenvalue weighted by atomic mass is 16.5. The van der Waals surface area contributed by atoms with Crippen LogP contribution < -0.4 is 9.47 Å². The van der Waals surface area contributed by atoms with Crippen LogP contribution in [0.5, 0.6) is 11.5 Å². The lowest BCUT2D eigenvalue weighted by molar-refractivity contribution is 0.0700. The Morgan fingerprint density at radius 2 is 2.05 bits per heavy atom. The zero-order valence-corrected chi connectivity index (χ0v) is 12.2. The van der Waals surface area contributed by atoms with Gasteiger partial charge in [0, 0.05) is 5.56 Å². The molecule has 0 bridgehead atoms. The summed E-state index contributed by atoms with van der Waals surface area (Å²) < 4.78 is 16.2. The molecule has 0 amide bonds. The normalized spacial score (nSPS) is 15.7. The zero-order valence-electron chi connectivity index (χ0n) is 12.2. The number of esters is 1. The van der Waals surface area contributed by atoms with E-state index in [2.05, 4.69) is 0 Å². The molecule has 0 unspecified atom stereocenters. The summed E-state index contributed by atoms with van der Waals surface area (Å²) in [5.74, 6) is 0.917. The van der Waals surface area contributed by atoms with Crippen LogP contribution in [0.2, 0.25) is 0 Å². The highest BCUT2D eigenvalue weighted by Crippen LogP contribution is 2.37. The molecule has 1 aliphatic heterocycles. The van der Waals surface area contributed by atoms with Crippen LogP contribution >= 0.6 is 0 Å². The first kappa shape index (κ1) is 13.5. The summed E-state index contributed by atoms with van der Waals surface area (Å²) in [7, 11) is 0. The van der Waals surface area contributed by atoms with Gasteiger partial charge in [0.15, 0.2) is 0 Å². The Morgan fingerprint density at radius 3 is 2.76 bits per heavy atom. The first-order valence-electron chi connectivity index (χ1n) is 6.73. The van der Waals surface area contributed by atoms with Gasteiger partial charge in [0.05, 0.1) is 6.26 Å². The van der Waals surface area contributed by atoms with Gasteiger partial charge >= 0.3 is 5.97 Å². The summed E-state index contributed by atoms with van der Waals surface area (Å²) >= 11 is 0.